The van der Waals surface area contributed by atoms with Crippen molar-refractivity contribution in [1.82, 2.24) is 10.0 Å². The molecule has 1 aromatic carbocycles. The molecule has 0 aliphatic heterocycles. The van der Waals surface area contributed by atoms with Gasteiger partial charge in [0.2, 0.25) is 10.0 Å². The number of sulfonamides is 1. The summed E-state index contributed by atoms with van der Waals surface area (Å²) in [6.45, 7) is 6.21. The summed E-state index contributed by atoms with van der Waals surface area (Å²) >= 11 is 0. The average Bonchev–Trinajstić information content (AvgIpc) is 2.51. The average molecular weight is 342 g/mol. The number of benzene rings is 1. The van der Waals surface area contributed by atoms with Gasteiger partial charge in [-0.15, -0.1) is 0 Å². The van der Waals surface area contributed by atoms with E-state index in [0.29, 0.717) is 12.3 Å². The molecular formula is C16H26N2O4S. The topological polar surface area (TPSA) is 84.5 Å². The number of carbonyl (C=O) groups excluding carboxylic acids is 1. The molecule has 1 aromatic rings. The van der Waals surface area contributed by atoms with Crippen LogP contribution in [0.1, 0.15) is 40.0 Å². The number of ether oxygens (including phenoxy) is 1. The summed E-state index contributed by atoms with van der Waals surface area (Å²) in [7, 11) is -3.48. The Bertz CT molecular complexity index is 585. The third-order valence-corrected chi connectivity index (χ3v) is 4.65. The molecule has 0 saturated carbocycles. The molecule has 0 aliphatic rings. The van der Waals surface area contributed by atoms with Crippen molar-refractivity contribution in [2.24, 2.45) is 0 Å². The van der Waals surface area contributed by atoms with Gasteiger partial charge in [0.15, 0.2) is 6.61 Å². The summed E-state index contributed by atoms with van der Waals surface area (Å²) in [5, 5.41) is 2.84. The fourth-order valence-electron chi connectivity index (χ4n) is 2.01. The van der Waals surface area contributed by atoms with Crippen molar-refractivity contribution in [3.8, 4) is 5.75 Å². The zero-order chi connectivity index (χ0) is 17.3. The zero-order valence-corrected chi connectivity index (χ0v) is 14.8. The Morgan fingerprint density at radius 1 is 1.17 bits per heavy atom. The molecule has 130 valence electrons. The van der Waals surface area contributed by atoms with Crippen molar-refractivity contribution >= 4 is 15.9 Å². The Kier molecular flexibility index (Phi) is 8.05. The van der Waals surface area contributed by atoms with Crippen molar-refractivity contribution in [1.29, 1.82) is 0 Å². The minimum Gasteiger partial charge on any atom is -0.484 e. The molecule has 0 unspecified atom stereocenters. The number of nitrogens with one attached hydrogen (secondary N) is 2. The quantitative estimate of drug-likeness (QED) is 0.682. The number of amides is 1. The molecular weight excluding hydrogens is 316 g/mol. The van der Waals surface area contributed by atoms with Crippen molar-refractivity contribution < 1.29 is 17.9 Å². The Hall–Kier alpha value is -1.60. The van der Waals surface area contributed by atoms with Crippen LogP contribution in [0, 0.1) is 0 Å². The van der Waals surface area contributed by atoms with Crippen LogP contribution in [-0.4, -0.2) is 33.5 Å². The number of carbonyl (C=O) groups is 1. The van der Waals surface area contributed by atoms with Gasteiger partial charge in [0.1, 0.15) is 5.75 Å². The Labute approximate surface area is 138 Å². The van der Waals surface area contributed by atoms with E-state index in [0.717, 1.165) is 19.3 Å². The molecule has 0 aliphatic carbocycles. The van der Waals surface area contributed by atoms with Gasteiger partial charge in [-0.3, -0.25) is 4.79 Å². The second kappa shape index (κ2) is 9.52. The standard InChI is InChI=1S/C16H26N2O4S/c1-4-6-13(3)18-16(19)12-22-14-7-9-15(10-8-14)23(20,21)17-11-5-2/h7-10,13,17H,4-6,11-12H2,1-3H3,(H,18,19)/t13-/m0/s1. The molecule has 1 rings (SSSR count). The van der Waals surface area contributed by atoms with Gasteiger partial charge in [0, 0.05) is 12.6 Å². The van der Waals surface area contributed by atoms with Crippen LogP contribution in [0.15, 0.2) is 29.2 Å². The molecule has 1 atom stereocenters. The molecule has 0 radical (unpaired) electrons. The number of hydrogen-bond acceptors (Lipinski definition) is 4. The van der Waals surface area contributed by atoms with E-state index in [2.05, 4.69) is 17.0 Å². The fourth-order valence-corrected chi connectivity index (χ4v) is 3.14. The van der Waals surface area contributed by atoms with Crippen LogP contribution in [0.4, 0.5) is 0 Å². The minimum absolute atomic E-state index is 0.0891. The third kappa shape index (κ3) is 7.00. The van der Waals surface area contributed by atoms with E-state index in [1.165, 1.54) is 12.1 Å². The highest BCUT2D eigenvalue weighted by molar-refractivity contribution is 7.89. The highest BCUT2D eigenvalue weighted by atomic mass is 32.2. The zero-order valence-electron chi connectivity index (χ0n) is 14.0. The van der Waals surface area contributed by atoms with Gasteiger partial charge in [0.05, 0.1) is 4.90 Å². The maximum atomic E-state index is 11.9. The van der Waals surface area contributed by atoms with Gasteiger partial charge >= 0.3 is 0 Å². The smallest absolute Gasteiger partial charge is 0.258 e. The lowest BCUT2D eigenvalue weighted by molar-refractivity contribution is -0.123. The van der Waals surface area contributed by atoms with Crippen molar-refractivity contribution in [3.05, 3.63) is 24.3 Å². The van der Waals surface area contributed by atoms with Crippen LogP contribution in [0.5, 0.6) is 5.75 Å². The van der Waals surface area contributed by atoms with E-state index in [4.69, 9.17) is 4.74 Å². The summed E-state index contributed by atoms with van der Waals surface area (Å²) in [5.74, 6) is 0.269. The molecule has 0 heterocycles. The van der Waals surface area contributed by atoms with E-state index in [1.807, 2.05) is 13.8 Å². The monoisotopic (exact) mass is 342 g/mol. The highest BCUT2D eigenvalue weighted by Gasteiger charge is 2.13. The molecule has 0 spiro atoms. The van der Waals surface area contributed by atoms with Gasteiger partial charge in [-0.2, -0.15) is 0 Å². The fraction of sp³-hybridized carbons (Fsp3) is 0.562. The predicted octanol–water partition coefficient (Wildman–Crippen LogP) is 2.06. The summed E-state index contributed by atoms with van der Waals surface area (Å²) < 4.78 is 31.7. The molecule has 23 heavy (non-hydrogen) atoms. The van der Waals surface area contributed by atoms with Gasteiger partial charge in [-0.1, -0.05) is 20.3 Å². The first-order valence-corrected chi connectivity index (χ1v) is 9.39. The predicted molar refractivity (Wildman–Crippen MR) is 89.9 cm³/mol. The van der Waals surface area contributed by atoms with E-state index in [-0.39, 0.29) is 23.5 Å². The van der Waals surface area contributed by atoms with Crippen molar-refractivity contribution in [2.75, 3.05) is 13.2 Å². The van der Waals surface area contributed by atoms with Gasteiger partial charge in [-0.25, -0.2) is 13.1 Å². The largest absolute Gasteiger partial charge is 0.484 e. The number of hydrogen-bond donors (Lipinski definition) is 2. The Balaban J connectivity index is 2.53. The molecule has 1 amide bonds. The van der Waals surface area contributed by atoms with Crippen LogP contribution in [-0.2, 0) is 14.8 Å². The molecule has 0 bridgehead atoms. The van der Waals surface area contributed by atoms with Gasteiger partial charge in [-0.05, 0) is 44.0 Å². The Morgan fingerprint density at radius 2 is 1.83 bits per heavy atom. The molecule has 0 aromatic heterocycles. The van der Waals surface area contributed by atoms with E-state index >= 15 is 0 Å². The van der Waals surface area contributed by atoms with Crippen molar-refractivity contribution in [2.45, 2.75) is 51.0 Å². The molecule has 0 saturated heterocycles. The third-order valence-electron chi connectivity index (χ3n) is 3.18. The SMILES string of the molecule is CCCNS(=O)(=O)c1ccc(OCC(=O)N[C@@H](C)CCC)cc1. The van der Waals surface area contributed by atoms with Crippen LogP contribution < -0.4 is 14.8 Å². The normalized spacial score (nSPS) is 12.7. The van der Waals surface area contributed by atoms with Crippen LogP contribution in [0.3, 0.4) is 0 Å². The van der Waals surface area contributed by atoms with Crippen molar-refractivity contribution in [3.63, 3.8) is 0 Å². The second-order valence-corrected chi connectivity index (χ2v) is 7.18. The van der Waals surface area contributed by atoms with Crippen LogP contribution in [0.2, 0.25) is 0 Å². The lowest BCUT2D eigenvalue weighted by atomic mass is 10.2. The lowest BCUT2D eigenvalue weighted by Crippen LogP contribution is -2.35. The van der Waals surface area contributed by atoms with E-state index in [9.17, 15) is 13.2 Å². The second-order valence-electron chi connectivity index (χ2n) is 5.42. The minimum atomic E-state index is -3.48. The first-order chi connectivity index (χ1) is 10.9. The highest BCUT2D eigenvalue weighted by Crippen LogP contribution is 2.15. The first-order valence-electron chi connectivity index (χ1n) is 7.91. The molecule has 6 nitrogen and oxygen atoms in total. The summed E-state index contributed by atoms with van der Waals surface area (Å²) in [5.41, 5.74) is 0. The first kappa shape index (κ1) is 19.4. The van der Waals surface area contributed by atoms with E-state index < -0.39 is 10.0 Å². The molecule has 7 heteroatoms. The lowest BCUT2D eigenvalue weighted by Gasteiger charge is -2.13. The van der Waals surface area contributed by atoms with Crippen LogP contribution >= 0.6 is 0 Å². The van der Waals surface area contributed by atoms with Gasteiger partial charge in [0.25, 0.3) is 5.91 Å². The molecule has 0 fully saturated rings. The molecule has 2 N–H and O–H groups in total. The van der Waals surface area contributed by atoms with E-state index in [1.54, 1.807) is 12.1 Å². The maximum Gasteiger partial charge on any atom is 0.258 e. The maximum absolute atomic E-state index is 11.9. The van der Waals surface area contributed by atoms with Gasteiger partial charge < -0.3 is 10.1 Å². The summed E-state index contributed by atoms with van der Waals surface area (Å²) in [4.78, 5) is 11.9. The summed E-state index contributed by atoms with van der Waals surface area (Å²) in [6.07, 6.45) is 2.65. The summed E-state index contributed by atoms with van der Waals surface area (Å²) in [6, 6.07) is 6.14. The Morgan fingerprint density at radius 3 is 2.39 bits per heavy atom. The number of rotatable bonds is 10. The van der Waals surface area contributed by atoms with Crippen LogP contribution in [0.25, 0.3) is 0 Å².